The predicted molar refractivity (Wildman–Crippen MR) is 82.5 cm³/mol. The standard InChI is InChI=1S/C18H18O3/c1-5-16(13-10-14-20-18(3,4)6-2)21-17(19)15-11-8-7-9-12-15/h1-2,7-13,16H,14H2,3-4H3/b13-10+/t16-/m1/s1. The van der Waals surface area contributed by atoms with E-state index in [1.165, 1.54) is 0 Å². The highest BCUT2D eigenvalue weighted by Gasteiger charge is 2.13. The summed E-state index contributed by atoms with van der Waals surface area (Å²) in [6.45, 7) is 3.86. The van der Waals surface area contributed by atoms with Crippen LogP contribution >= 0.6 is 0 Å². The van der Waals surface area contributed by atoms with Crippen LogP contribution in [0.25, 0.3) is 0 Å². The molecule has 0 fully saturated rings. The number of hydrogen-bond acceptors (Lipinski definition) is 3. The topological polar surface area (TPSA) is 35.5 Å². The summed E-state index contributed by atoms with van der Waals surface area (Å²) in [5, 5.41) is 0. The maximum absolute atomic E-state index is 11.8. The van der Waals surface area contributed by atoms with Gasteiger partial charge in [-0.3, -0.25) is 0 Å². The molecule has 3 heteroatoms. The molecule has 0 radical (unpaired) electrons. The van der Waals surface area contributed by atoms with Crippen molar-refractivity contribution < 1.29 is 14.3 Å². The van der Waals surface area contributed by atoms with Crippen LogP contribution in [0.5, 0.6) is 0 Å². The molecule has 1 aromatic carbocycles. The van der Waals surface area contributed by atoms with Crippen molar-refractivity contribution in [2.75, 3.05) is 6.61 Å². The highest BCUT2D eigenvalue weighted by Crippen LogP contribution is 2.07. The number of ether oxygens (including phenoxy) is 2. The first kappa shape index (κ1) is 16.6. The minimum absolute atomic E-state index is 0.290. The molecule has 0 spiro atoms. The van der Waals surface area contributed by atoms with Crippen molar-refractivity contribution in [3.05, 3.63) is 48.0 Å². The zero-order valence-electron chi connectivity index (χ0n) is 12.2. The van der Waals surface area contributed by atoms with Crippen LogP contribution in [-0.4, -0.2) is 24.3 Å². The van der Waals surface area contributed by atoms with Crippen LogP contribution in [-0.2, 0) is 9.47 Å². The van der Waals surface area contributed by atoms with Crippen LogP contribution in [0.3, 0.4) is 0 Å². The fourth-order valence-electron chi connectivity index (χ4n) is 1.36. The molecule has 108 valence electrons. The summed E-state index contributed by atoms with van der Waals surface area (Å²) in [6.07, 6.45) is 13.2. The summed E-state index contributed by atoms with van der Waals surface area (Å²) < 4.78 is 10.6. The van der Waals surface area contributed by atoms with Crippen molar-refractivity contribution in [1.82, 2.24) is 0 Å². The largest absolute Gasteiger partial charge is 0.441 e. The number of hydrogen-bond donors (Lipinski definition) is 0. The van der Waals surface area contributed by atoms with E-state index in [9.17, 15) is 4.79 Å². The molecule has 1 aromatic rings. The molecule has 21 heavy (non-hydrogen) atoms. The van der Waals surface area contributed by atoms with Crippen LogP contribution in [0, 0.1) is 24.7 Å². The second-order valence-corrected chi connectivity index (χ2v) is 4.75. The molecular formula is C18H18O3. The fourth-order valence-corrected chi connectivity index (χ4v) is 1.36. The fraction of sp³-hybridized carbons (Fsp3) is 0.278. The average molecular weight is 282 g/mol. The van der Waals surface area contributed by atoms with Crippen LogP contribution < -0.4 is 0 Å². The molecule has 0 aliphatic rings. The van der Waals surface area contributed by atoms with Crippen LogP contribution in [0.2, 0.25) is 0 Å². The molecule has 1 atom stereocenters. The van der Waals surface area contributed by atoms with Crippen LogP contribution in [0.4, 0.5) is 0 Å². The second kappa shape index (κ2) is 7.94. The van der Waals surface area contributed by atoms with E-state index >= 15 is 0 Å². The van der Waals surface area contributed by atoms with Crippen molar-refractivity contribution in [3.8, 4) is 24.7 Å². The van der Waals surface area contributed by atoms with Crippen LogP contribution in [0.15, 0.2) is 42.5 Å². The van der Waals surface area contributed by atoms with Crippen molar-refractivity contribution in [1.29, 1.82) is 0 Å². The zero-order chi connectivity index (χ0) is 15.7. The Morgan fingerprint density at radius 2 is 2.00 bits per heavy atom. The van der Waals surface area contributed by atoms with Gasteiger partial charge in [0.05, 0.1) is 12.2 Å². The maximum Gasteiger partial charge on any atom is 0.339 e. The van der Waals surface area contributed by atoms with E-state index in [1.807, 2.05) is 6.07 Å². The van der Waals surface area contributed by atoms with E-state index in [0.29, 0.717) is 5.56 Å². The van der Waals surface area contributed by atoms with Gasteiger partial charge in [0, 0.05) is 0 Å². The van der Waals surface area contributed by atoms with Gasteiger partial charge in [0.1, 0.15) is 5.60 Å². The van der Waals surface area contributed by atoms with Gasteiger partial charge >= 0.3 is 5.97 Å². The number of benzene rings is 1. The SMILES string of the molecule is C#C[C@H](/C=C/COC(C)(C)C#C)OC(=O)c1ccccc1. The van der Waals surface area contributed by atoms with Crippen LogP contribution in [0.1, 0.15) is 24.2 Å². The van der Waals surface area contributed by atoms with Gasteiger partial charge in [0.25, 0.3) is 0 Å². The molecule has 0 unspecified atom stereocenters. The van der Waals surface area contributed by atoms with Gasteiger partial charge in [0.15, 0.2) is 6.10 Å². The van der Waals surface area contributed by atoms with Gasteiger partial charge in [-0.05, 0) is 32.1 Å². The molecule has 0 heterocycles. The maximum atomic E-state index is 11.8. The number of carbonyl (C=O) groups is 1. The summed E-state index contributed by atoms with van der Waals surface area (Å²) in [5.74, 6) is 4.44. The van der Waals surface area contributed by atoms with Gasteiger partial charge in [-0.25, -0.2) is 4.79 Å². The van der Waals surface area contributed by atoms with Gasteiger partial charge in [0.2, 0.25) is 0 Å². The van der Waals surface area contributed by atoms with E-state index in [1.54, 1.807) is 50.3 Å². The Labute approximate surface area is 126 Å². The number of terminal acetylenes is 2. The minimum Gasteiger partial charge on any atom is -0.441 e. The highest BCUT2D eigenvalue weighted by atomic mass is 16.5. The van der Waals surface area contributed by atoms with E-state index < -0.39 is 17.7 Å². The molecule has 0 aromatic heterocycles. The Kier molecular flexibility index (Phi) is 6.27. The smallest absolute Gasteiger partial charge is 0.339 e. The van der Waals surface area contributed by atoms with E-state index in [2.05, 4.69) is 11.8 Å². The lowest BCUT2D eigenvalue weighted by molar-refractivity contribution is 0.0432. The summed E-state index contributed by atoms with van der Waals surface area (Å²) in [7, 11) is 0. The Bertz CT molecular complexity index is 571. The Balaban J connectivity index is 2.51. The molecule has 0 aliphatic heterocycles. The average Bonchev–Trinajstić information content (AvgIpc) is 2.51. The van der Waals surface area contributed by atoms with Crippen molar-refractivity contribution in [3.63, 3.8) is 0 Å². The lowest BCUT2D eigenvalue weighted by Crippen LogP contribution is -2.21. The van der Waals surface area contributed by atoms with Gasteiger partial charge in [-0.1, -0.05) is 36.1 Å². The third-order valence-electron chi connectivity index (χ3n) is 2.61. The molecule has 3 nitrogen and oxygen atoms in total. The first-order valence-electron chi connectivity index (χ1n) is 6.49. The first-order chi connectivity index (χ1) is 9.98. The summed E-state index contributed by atoms with van der Waals surface area (Å²) >= 11 is 0. The number of rotatable bonds is 6. The van der Waals surface area contributed by atoms with E-state index in [0.717, 1.165) is 0 Å². The molecule has 0 N–H and O–H groups in total. The van der Waals surface area contributed by atoms with Gasteiger partial charge < -0.3 is 9.47 Å². The predicted octanol–water partition coefficient (Wildman–Crippen LogP) is 2.83. The molecule has 0 amide bonds. The van der Waals surface area contributed by atoms with E-state index in [-0.39, 0.29) is 6.61 Å². The number of esters is 1. The summed E-state index contributed by atoms with van der Waals surface area (Å²) in [5.41, 5.74) is -0.188. The Morgan fingerprint density at radius 1 is 1.33 bits per heavy atom. The lowest BCUT2D eigenvalue weighted by Gasteiger charge is -2.17. The minimum atomic E-state index is -0.741. The molecule has 0 bridgehead atoms. The third kappa shape index (κ3) is 5.99. The lowest BCUT2D eigenvalue weighted by atomic mass is 10.1. The highest BCUT2D eigenvalue weighted by molar-refractivity contribution is 5.89. The normalized spacial score (nSPS) is 12.4. The molecule has 0 aliphatic carbocycles. The molecular weight excluding hydrogens is 264 g/mol. The third-order valence-corrected chi connectivity index (χ3v) is 2.61. The summed E-state index contributed by atoms with van der Waals surface area (Å²) in [6, 6.07) is 8.66. The summed E-state index contributed by atoms with van der Waals surface area (Å²) in [4.78, 5) is 11.8. The Hall–Kier alpha value is -2.49. The van der Waals surface area contributed by atoms with E-state index in [4.69, 9.17) is 22.3 Å². The second-order valence-electron chi connectivity index (χ2n) is 4.75. The monoisotopic (exact) mass is 282 g/mol. The number of carbonyl (C=O) groups excluding carboxylic acids is 1. The van der Waals surface area contributed by atoms with Gasteiger partial charge in [-0.2, -0.15) is 0 Å². The quantitative estimate of drug-likeness (QED) is 0.457. The Morgan fingerprint density at radius 3 is 2.57 bits per heavy atom. The van der Waals surface area contributed by atoms with Crippen molar-refractivity contribution in [2.24, 2.45) is 0 Å². The zero-order valence-corrected chi connectivity index (χ0v) is 12.2. The first-order valence-corrected chi connectivity index (χ1v) is 6.49. The van der Waals surface area contributed by atoms with Crippen molar-refractivity contribution in [2.45, 2.75) is 25.6 Å². The molecule has 1 rings (SSSR count). The van der Waals surface area contributed by atoms with Crippen molar-refractivity contribution >= 4 is 5.97 Å². The van der Waals surface area contributed by atoms with Gasteiger partial charge in [-0.15, -0.1) is 12.8 Å². The molecule has 0 saturated heterocycles. The molecule has 0 saturated carbocycles.